The third-order valence-corrected chi connectivity index (χ3v) is 8.35. The van der Waals surface area contributed by atoms with Crippen molar-refractivity contribution in [2.75, 3.05) is 26.0 Å². The highest BCUT2D eigenvalue weighted by molar-refractivity contribution is 6.56. The zero-order chi connectivity index (χ0) is 28.7. The van der Waals surface area contributed by atoms with Crippen LogP contribution in [0.3, 0.4) is 0 Å². The molecule has 0 aromatic heterocycles. The first kappa shape index (κ1) is 28.1. The van der Waals surface area contributed by atoms with Crippen LogP contribution in [0.1, 0.15) is 50.3 Å². The van der Waals surface area contributed by atoms with Crippen LogP contribution in [-0.4, -0.2) is 44.7 Å². The highest BCUT2D eigenvalue weighted by Crippen LogP contribution is 2.44. The lowest BCUT2D eigenvalue weighted by Crippen LogP contribution is -2.41. The van der Waals surface area contributed by atoms with Gasteiger partial charge in [-0.05, 0) is 73.1 Å². The molecule has 3 aromatic carbocycles. The van der Waals surface area contributed by atoms with Gasteiger partial charge in [-0.3, -0.25) is 0 Å². The van der Waals surface area contributed by atoms with Gasteiger partial charge in [0.25, 0.3) is 0 Å². The number of alkyl carbamates (subject to hydrolysis) is 1. The van der Waals surface area contributed by atoms with Crippen LogP contribution in [0.5, 0.6) is 5.75 Å². The molecule has 0 atom stereocenters. The summed E-state index contributed by atoms with van der Waals surface area (Å²) in [5.74, 6) is 0.464. The quantitative estimate of drug-likeness (QED) is 0.254. The first-order chi connectivity index (χ1) is 19.0. The average Bonchev–Trinajstić information content (AvgIpc) is 3.35. The molecule has 1 saturated heterocycles. The van der Waals surface area contributed by atoms with Crippen molar-refractivity contribution in [2.24, 2.45) is 0 Å². The molecule has 0 spiro atoms. The fourth-order valence-electron chi connectivity index (χ4n) is 5.09. The van der Waals surface area contributed by atoms with E-state index in [1.54, 1.807) is 19.2 Å². The van der Waals surface area contributed by atoms with Gasteiger partial charge in [0, 0.05) is 12.5 Å². The largest absolute Gasteiger partial charge is 0.495 e. The van der Waals surface area contributed by atoms with E-state index < -0.39 is 24.4 Å². The van der Waals surface area contributed by atoms with Crippen LogP contribution < -0.4 is 15.8 Å². The Hall–Kier alpha value is -3.46. The predicted molar refractivity (Wildman–Crippen MR) is 160 cm³/mol. The fraction of sp³-hybridized carbons (Fsp3) is 0.323. The molecule has 7 nitrogen and oxygen atoms in total. The molecule has 5 rings (SSSR count). The van der Waals surface area contributed by atoms with E-state index in [0.717, 1.165) is 11.1 Å². The number of nitrogens with one attached hydrogen (secondary N) is 1. The minimum Gasteiger partial charge on any atom is -0.495 e. The number of rotatable bonds is 7. The molecule has 1 heterocycles. The first-order valence-electron chi connectivity index (χ1n) is 13.3. The van der Waals surface area contributed by atoms with Crippen LogP contribution in [0.4, 0.5) is 10.5 Å². The van der Waals surface area contributed by atoms with Crippen molar-refractivity contribution in [1.82, 2.24) is 5.32 Å². The Morgan fingerprint density at radius 3 is 2.17 bits per heavy atom. The molecule has 2 aliphatic rings. The molecular formula is C31H34BClN2O5. The van der Waals surface area contributed by atoms with Crippen LogP contribution in [-0.2, 0) is 14.0 Å². The van der Waals surface area contributed by atoms with Gasteiger partial charge in [-0.1, -0.05) is 66.2 Å². The Morgan fingerprint density at radius 2 is 1.60 bits per heavy atom. The van der Waals surface area contributed by atoms with Gasteiger partial charge in [0.15, 0.2) is 0 Å². The summed E-state index contributed by atoms with van der Waals surface area (Å²) in [5, 5.41) is 3.32. The topological polar surface area (TPSA) is 92.0 Å². The number of hydrogen-bond donors (Lipinski definition) is 2. The second kappa shape index (κ2) is 10.8. The molecule has 1 aliphatic heterocycles. The number of methoxy groups -OCH3 is 1. The third kappa shape index (κ3) is 5.31. The molecule has 0 saturated carbocycles. The summed E-state index contributed by atoms with van der Waals surface area (Å²) in [7, 11) is 0.833. The maximum Gasteiger partial charge on any atom is 0.492 e. The number of hydrogen-bond acceptors (Lipinski definition) is 6. The Labute approximate surface area is 240 Å². The molecule has 40 heavy (non-hydrogen) atoms. The summed E-state index contributed by atoms with van der Waals surface area (Å²) in [6, 6.07) is 19.8. The van der Waals surface area contributed by atoms with E-state index in [2.05, 4.69) is 29.6 Å². The number of halogens is 1. The second-order valence-electron chi connectivity index (χ2n) is 11.1. The SMILES string of the molecule is COc1cc(C=C(CNC(=O)OCC2c3ccccc3-c3ccccc32)B2OC(C)(C)C(C)(C)O2)c(Cl)cc1N. The molecule has 3 aromatic rings. The van der Waals surface area contributed by atoms with Gasteiger partial charge >= 0.3 is 13.2 Å². The number of anilines is 1. The normalized spacial score (nSPS) is 17.4. The fourth-order valence-corrected chi connectivity index (χ4v) is 5.32. The van der Waals surface area contributed by atoms with Gasteiger partial charge in [-0.25, -0.2) is 4.79 Å². The molecule has 1 aliphatic carbocycles. The number of carbonyl (C=O) groups is 1. The van der Waals surface area contributed by atoms with Crippen molar-refractivity contribution in [3.63, 3.8) is 0 Å². The number of benzene rings is 3. The van der Waals surface area contributed by atoms with E-state index in [4.69, 9.17) is 36.1 Å². The lowest BCUT2D eigenvalue weighted by Gasteiger charge is -2.32. The van der Waals surface area contributed by atoms with Crippen LogP contribution in [0.15, 0.2) is 66.1 Å². The average molecular weight is 561 g/mol. The van der Waals surface area contributed by atoms with Gasteiger partial charge in [-0.2, -0.15) is 0 Å². The van der Waals surface area contributed by atoms with Gasteiger partial charge in [0.2, 0.25) is 0 Å². The maximum atomic E-state index is 13.0. The molecule has 9 heteroatoms. The molecule has 0 bridgehead atoms. The molecule has 208 valence electrons. The van der Waals surface area contributed by atoms with Crippen molar-refractivity contribution in [3.05, 3.63) is 87.8 Å². The summed E-state index contributed by atoms with van der Waals surface area (Å²) in [4.78, 5) is 13.0. The van der Waals surface area contributed by atoms with E-state index in [-0.39, 0.29) is 19.1 Å². The van der Waals surface area contributed by atoms with E-state index in [1.165, 1.54) is 11.1 Å². The highest BCUT2D eigenvalue weighted by Gasteiger charge is 2.52. The number of nitrogen functional groups attached to an aromatic ring is 1. The summed E-state index contributed by atoms with van der Waals surface area (Å²) >= 11 is 6.52. The Bertz CT molecular complexity index is 1410. The number of amides is 1. The molecule has 1 amide bonds. The van der Waals surface area contributed by atoms with Crippen LogP contribution >= 0.6 is 11.6 Å². The van der Waals surface area contributed by atoms with E-state index in [9.17, 15) is 4.79 Å². The second-order valence-corrected chi connectivity index (χ2v) is 11.5. The third-order valence-electron chi connectivity index (χ3n) is 8.03. The van der Waals surface area contributed by atoms with Crippen molar-refractivity contribution in [3.8, 4) is 16.9 Å². The summed E-state index contributed by atoms with van der Waals surface area (Å²) in [6.07, 6.45) is 1.29. The highest BCUT2D eigenvalue weighted by atomic mass is 35.5. The van der Waals surface area contributed by atoms with Gasteiger partial charge < -0.3 is 29.8 Å². The lowest BCUT2D eigenvalue weighted by atomic mass is 9.77. The molecular weight excluding hydrogens is 527 g/mol. The number of ether oxygens (including phenoxy) is 2. The van der Waals surface area contributed by atoms with E-state index >= 15 is 0 Å². The summed E-state index contributed by atoms with van der Waals surface area (Å²) in [6.45, 7) is 8.24. The Balaban J connectivity index is 1.34. The Morgan fingerprint density at radius 1 is 1.02 bits per heavy atom. The summed E-state index contributed by atoms with van der Waals surface area (Å²) < 4.78 is 23.7. The minimum atomic E-state index is -0.710. The standard InChI is InChI=1S/C31H34BClN2O5/c1-30(2)31(3,4)40-32(39-30)20(14-19-15-28(37-5)27(34)16-26(19)33)17-35-29(36)38-18-25-23-12-8-6-10-21(23)22-11-7-9-13-24(22)25/h6-16,25H,17-18,34H2,1-5H3,(H,35,36). The minimum absolute atomic E-state index is 0.0303. The smallest absolute Gasteiger partial charge is 0.492 e. The van der Waals surface area contributed by atoms with Crippen LogP contribution in [0.2, 0.25) is 5.02 Å². The first-order valence-corrected chi connectivity index (χ1v) is 13.7. The zero-order valence-electron chi connectivity index (χ0n) is 23.4. The van der Waals surface area contributed by atoms with Crippen molar-refractivity contribution in [1.29, 1.82) is 0 Å². The van der Waals surface area contributed by atoms with Gasteiger partial charge in [-0.15, -0.1) is 0 Å². The monoisotopic (exact) mass is 560 g/mol. The Kier molecular flexibility index (Phi) is 7.61. The van der Waals surface area contributed by atoms with Crippen LogP contribution in [0.25, 0.3) is 17.2 Å². The van der Waals surface area contributed by atoms with Gasteiger partial charge in [0.05, 0.1) is 29.0 Å². The number of fused-ring (bicyclic) bond motifs is 3. The van der Waals surface area contributed by atoms with Crippen molar-refractivity contribution >= 4 is 36.6 Å². The maximum absolute atomic E-state index is 13.0. The number of nitrogens with two attached hydrogens (primary N) is 1. The summed E-state index contributed by atoms with van der Waals surface area (Å²) in [5.41, 5.74) is 11.3. The molecule has 0 radical (unpaired) electrons. The van der Waals surface area contributed by atoms with Crippen molar-refractivity contribution < 1.29 is 23.6 Å². The van der Waals surface area contributed by atoms with E-state index in [0.29, 0.717) is 27.5 Å². The molecule has 1 fully saturated rings. The molecule has 0 unspecified atom stereocenters. The van der Waals surface area contributed by atoms with Crippen LogP contribution in [0, 0.1) is 0 Å². The van der Waals surface area contributed by atoms with E-state index in [1.807, 2.05) is 58.0 Å². The van der Waals surface area contributed by atoms with Crippen molar-refractivity contribution in [2.45, 2.75) is 44.8 Å². The number of carbonyl (C=O) groups excluding carboxylic acids is 1. The predicted octanol–water partition coefficient (Wildman–Crippen LogP) is 6.48. The zero-order valence-corrected chi connectivity index (χ0v) is 24.2. The van der Waals surface area contributed by atoms with Gasteiger partial charge in [0.1, 0.15) is 12.4 Å². The molecule has 3 N–H and O–H groups in total. The lowest BCUT2D eigenvalue weighted by molar-refractivity contribution is 0.00578.